The topological polar surface area (TPSA) is 50.4 Å². The van der Waals surface area contributed by atoms with Crippen molar-refractivity contribution in [1.29, 1.82) is 0 Å². The molecule has 0 fully saturated rings. The number of anilines is 1. The maximum absolute atomic E-state index is 11.9. The molecule has 0 saturated carbocycles. The summed E-state index contributed by atoms with van der Waals surface area (Å²) < 4.78 is 5.10. The Kier molecular flexibility index (Phi) is 11.7. The van der Waals surface area contributed by atoms with E-state index in [0.717, 1.165) is 24.3 Å². The molecule has 0 radical (unpaired) electrons. The van der Waals surface area contributed by atoms with Gasteiger partial charge in [-0.2, -0.15) is 0 Å². The van der Waals surface area contributed by atoms with Gasteiger partial charge in [-0.15, -0.1) is 0 Å². The Balaban J connectivity index is 2.06. The van der Waals surface area contributed by atoms with E-state index in [0.29, 0.717) is 11.5 Å². The number of nitrogens with one attached hydrogen (secondary N) is 2. The van der Waals surface area contributed by atoms with Crippen molar-refractivity contribution in [1.82, 2.24) is 5.32 Å². The lowest BCUT2D eigenvalue weighted by molar-refractivity contribution is -0.119. The summed E-state index contributed by atoms with van der Waals surface area (Å²) in [6, 6.07) is 7.40. The van der Waals surface area contributed by atoms with Gasteiger partial charge in [0.25, 0.3) is 0 Å². The number of methoxy groups -OCH3 is 1. The van der Waals surface area contributed by atoms with Crippen LogP contribution in [0.5, 0.6) is 5.75 Å². The molecule has 0 aliphatic heterocycles. The molecule has 0 bridgehead atoms. The molecule has 0 saturated heterocycles. The summed E-state index contributed by atoms with van der Waals surface area (Å²) >= 11 is 5.17. The quantitative estimate of drug-likeness (QED) is 0.383. The van der Waals surface area contributed by atoms with Crippen LogP contribution in [0.25, 0.3) is 0 Å². The highest BCUT2D eigenvalue weighted by molar-refractivity contribution is 7.80. The molecule has 0 unspecified atom stereocenters. The Morgan fingerprint density at radius 1 is 0.960 bits per heavy atom. The number of hydrogen-bond acceptors (Lipinski definition) is 3. The average molecular weight is 365 g/mol. The van der Waals surface area contributed by atoms with E-state index >= 15 is 0 Å². The molecule has 1 aromatic carbocycles. The molecule has 140 valence electrons. The Hall–Kier alpha value is -1.62. The number of unbranched alkanes of at least 4 members (excludes halogenated alkanes) is 8. The van der Waals surface area contributed by atoms with E-state index in [1.807, 2.05) is 24.3 Å². The van der Waals surface area contributed by atoms with Gasteiger partial charge in [-0.3, -0.25) is 4.79 Å². The van der Waals surface area contributed by atoms with Gasteiger partial charge in [0.15, 0.2) is 5.11 Å². The van der Waals surface area contributed by atoms with E-state index < -0.39 is 0 Å². The summed E-state index contributed by atoms with van der Waals surface area (Å²) in [6.07, 6.45) is 11.7. The first-order valence-electron chi connectivity index (χ1n) is 9.40. The number of thiocarbonyl (C=S) groups is 1. The summed E-state index contributed by atoms with van der Waals surface area (Å²) in [6.45, 7) is 2.24. The van der Waals surface area contributed by atoms with Crippen molar-refractivity contribution in [2.24, 2.45) is 0 Å². The zero-order chi connectivity index (χ0) is 18.3. The summed E-state index contributed by atoms with van der Waals surface area (Å²) in [5.41, 5.74) is 0.828. The standard InChI is InChI=1S/C20H32N2O2S/c1-3-4-5-6-7-8-9-10-11-12-19(23)22-20(25)21-17-13-15-18(24-2)16-14-17/h13-16H,3-12H2,1-2H3,(H2,21,22,23,25). The molecule has 25 heavy (non-hydrogen) atoms. The lowest BCUT2D eigenvalue weighted by Gasteiger charge is -2.10. The van der Waals surface area contributed by atoms with Crippen LogP contribution in [-0.4, -0.2) is 18.1 Å². The monoisotopic (exact) mass is 364 g/mol. The van der Waals surface area contributed by atoms with Crippen molar-refractivity contribution in [2.75, 3.05) is 12.4 Å². The van der Waals surface area contributed by atoms with Crippen LogP contribution in [0.15, 0.2) is 24.3 Å². The first kappa shape index (κ1) is 21.4. The van der Waals surface area contributed by atoms with Crippen molar-refractivity contribution < 1.29 is 9.53 Å². The van der Waals surface area contributed by atoms with Gasteiger partial charge in [-0.25, -0.2) is 0 Å². The van der Waals surface area contributed by atoms with Gasteiger partial charge < -0.3 is 15.4 Å². The molecule has 2 N–H and O–H groups in total. The molecule has 1 rings (SSSR count). The fraction of sp³-hybridized carbons (Fsp3) is 0.600. The van der Waals surface area contributed by atoms with Gasteiger partial charge in [0.1, 0.15) is 5.75 Å². The number of hydrogen-bond donors (Lipinski definition) is 2. The Morgan fingerprint density at radius 3 is 2.08 bits per heavy atom. The first-order valence-corrected chi connectivity index (χ1v) is 9.81. The van der Waals surface area contributed by atoms with E-state index in [1.54, 1.807) is 7.11 Å². The van der Waals surface area contributed by atoms with Crippen LogP contribution in [0.3, 0.4) is 0 Å². The first-order chi connectivity index (χ1) is 12.2. The van der Waals surface area contributed by atoms with Crippen LogP contribution >= 0.6 is 12.2 Å². The van der Waals surface area contributed by atoms with Crippen molar-refractivity contribution in [3.63, 3.8) is 0 Å². The normalized spacial score (nSPS) is 10.3. The Morgan fingerprint density at radius 2 is 1.52 bits per heavy atom. The van der Waals surface area contributed by atoms with Gasteiger partial charge in [-0.1, -0.05) is 58.3 Å². The summed E-state index contributed by atoms with van der Waals surface area (Å²) in [5, 5.41) is 6.07. The van der Waals surface area contributed by atoms with Crippen molar-refractivity contribution in [2.45, 2.75) is 71.1 Å². The van der Waals surface area contributed by atoms with Crippen LogP contribution in [0, 0.1) is 0 Å². The largest absolute Gasteiger partial charge is 0.497 e. The van der Waals surface area contributed by atoms with Gasteiger partial charge in [0.2, 0.25) is 5.91 Å². The molecule has 0 aromatic heterocycles. The lowest BCUT2D eigenvalue weighted by atomic mass is 10.1. The van der Waals surface area contributed by atoms with E-state index in [4.69, 9.17) is 17.0 Å². The van der Waals surface area contributed by atoms with E-state index in [1.165, 1.54) is 44.9 Å². The minimum absolute atomic E-state index is 0.0195. The Bertz CT molecular complexity index is 503. The van der Waals surface area contributed by atoms with Crippen LogP contribution in [0.2, 0.25) is 0 Å². The third-order valence-corrected chi connectivity index (χ3v) is 4.31. The number of carbonyl (C=O) groups is 1. The fourth-order valence-corrected chi connectivity index (χ4v) is 2.85. The zero-order valence-electron chi connectivity index (χ0n) is 15.6. The molecule has 4 nitrogen and oxygen atoms in total. The average Bonchev–Trinajstić information content (AvgIpc) is 2.61. The highest BCUT2D eigenvalue weighted by Gasteiger charge is 2.05. The molecular formula is C20H32N2O2S. The Labute approximate surface area is 157 Å². The molecule has 0 heterocycles. The van der Waals surface area contributed by atoms with Gasteiger partial charge >= 0.3 is 0 Å². The maximum atomic E-state index is 11.9. The second-order valence-corrected chi connectivity index (χ2v) is 6.72. The highest BCUT2D eigenvalue weighted by Crippen LogP contribution is 2.15. The van der Waals surface area contributed by atoms with E-state index in [-0.39, 0.29) is 5.91 Å². The minimum Gasteiger partial charge on any atom is -0.497 e. The molecule has 0 aliphatic rings. The predicted octanol–water partition coefficient (Wildman–Crippen LogP) is 5.43. The summed E-state index contributed by atoms with van der Waals surface area (Å²) in [5.74, 6) is 0.764. The van der Waals surface area contributed by atoms with E-state index in [9.17, 15) is 4.79 Å². The zero-order valence-corrected chi connectivity index (χ0v) is 16.4. The predicted molar refractivity (Wildman–Crippen MR) is 109 cm³/mol. The summed E-state index contributed by atoms with van der Waals surface area (Å²) in [4.78, 5) is 11.9. The number of carbonyl (C=O) groups excluding carboxylic acids is 1. The SMILES string of the molecule is CCCCCCCCCCCC(=O)NC(=S)Nc1ccc(OC)cc1. The van der Waals surface area contributed by atoms with Crippen molar-refractivity contribution in [3.05, 3.63) is 24.3 Å². The minimum atomic E-state index is -0.0195. The molecule has 5 heteroatoms. The summed E-state index contributed by atoms with van der Waals surface area (Å²) in [7, 11) is 1.62. The van der Waals surface area contributed by atoms with Gasteiger partial charge in [0, 0.05) is 12.1 Å². The van der Waals surface area contributed by atoms with Crippen molar-refractivity contribution in [3.8, 4) is 5.75 Å². The lowest BCUT2D eigenvalue weighted by Crippen LogP contribution is -2.33. The smallest absolute Gasteiger partial charge is 0.226 e. The molecule has 1 amide bonds. The third kappa shape index (κ3) is 10.8. The number of amides is 1. The van der Waals surface area contributed by atoms with Crippen LogP contribution in [0.1, 0.15) is 71.1 Å². The van der Waals surface area contributed by atoms with Crippen LogP contribution in [-0.2, 0) is 4.79 Å². The number of benzene rings is 1. The number of rotatable bonds is 12. The molecule has 0 atom stereocenters. The van der Waals surface area contributed by atoms with Gasteiger partial charge in [-0.05, 0) is 42.9 Å². The molecule has 0 aliphatic carbocycles. The molecular weight excluding hydrogens is 332 g/mol. The van der Waals surface area contributed by atoms with Crippen LogP contribution in [0.4, 0.5) is 5.69 Å². The third-order valence-electron chi connectivity index (χ3n) is 4.11. The van der Waals surface area contributed by atoms with Crippen molar-refractivity contribution >= 4 is 28.9 Å². The van der Waals surface area contributed by atoms with Gasteiger partial charge in [0.05, 0.1) is 7.11 Å². The maximum Gasteiger partial charge on any atom is 0.226 e. The van der Waals surface area contributed by atoms with E-state index in [2.05, 4.69) is 17.6 Å². The molecule has 1 aromatic rings. The number of ether oxygens (including phenoxy) is 1. The van der Waals surface area contributed by atoms with Crippen LogP contribution < -0.4 is 15.4 Å². The fourth-order valence-electron chi connectivity index (χ4n) is 2.62. The molecule has 0 spiro atoms. The highest BCUT2D eigenvalue weighted by atomic mass is 32.1. The second kappa shape index (κ2) is 13.6. The second-order valence-electron chi connectivity index (χ2n) is 6.31.